The van der Waals surface area contributed by atoms with Gasteiger partial charge in [-0.3, -0.25) is 9.69 Å². The second-order valence-corrected chi connectivity index (χ2v) is 6.63. The molecule has 0 radical (unpaired) electrons. The van der Waals surface area contributed by atoms with Gasteiger partial charge in [-0.15, -0.1) is 0 Å². The summed E-state index contributed by atoms with van der Waals surface area (Å²) in [5, 5.41) is 3.01. The Morgan fingerprint density at radius 1 is 1.05 bits per heavy atom. The molecule has 1 heterocycles. The van der Waals surface area contributed by atoms with Gasteiger partial charge in [-0.1, -0.05) is 13.8 Å². The number of unbranched alkanes of at least 4 members (excludes halogenated alkanes) is 1. The van der Waals surface area contributed by atoms with E-state index >= 15 is 0 Å². The summed E-state index contributed by atoms with van der Waals surface area (Å²) >= 11 is 0. The highest BCUT2D eigenvalue weighted by Crippen LogP contribution is 2.06. The number of hydrogen-bond acceptors (Lipinski definition) is 3. The lowest BCUT2D eigenvalue weighted by Crippen LogP contribution is -2.48. The SMILES string of the molecule is CC(C)CC(=O)NCCCCN1CCN(C(C)C)CC1. The first kappa shape index (κ1) is 17.4. The Morgan fingerprint density at radius 2 is 1.70 bits per heavy atom. The summed E-state index contributed by atoms with van der Waals surface area (Å²) < 4.78 is 0. The van der Waals surface area contributed by atoms with Crippen LogP contribution < -0.4 is 5.32 Å². The van der Waals surface area contributed by atoms with Crippen molar-refractivity contribution >= 4 is 5.91 Å². The molecule has 0 atom stereocenters. The zero-order valence-electron chi connectivity index (χ0n) is 13.8. The summed E-state index contributed by atoms with van der Waals surface area (Å²) in [5.41, 5.74) is 0. The smallest absolute Gasteiger partial charge is 0.220 e. The second-order valence-electron chi connectivity index (χ2n) is 6.63. The predicted molar refractivity (Wildman–Crippen MR) is 84.8 cm³/mol. The van der Waals surface area contributed by atoms with Crippen molar-refractivity contribution in [2.45, 2.75) is 53.0 Å². The van der Waals surface area contributed by atoms with Gasteiger partial charge in [-0.2, -0.15) is 0 Å². The molecule has 1 N–H and O–H groups in total. The number of carbonyl (C=O) groups is 1. The van der Waals surface area contributed by atoms with Crippen LogP contribution in [0.1, 0.15) is 47.0 Å². The third kappa shape index (κ3) is 7.25. The normalized spacial score (nSPS) is 17.9. The molecule has 1 rings (SSSR count). The quantitative estimate of drug-likeness (QED) is 0.692. The molecule has 0 aromatic rings. The second kappa shape index (κ2) is 9.35. The van der Waals surface area contributed by atoms with Crippen molar-refractivity contribution in [3.8, 4) is 0 Å². The van der Waals surface area contributed by atoms with E-state index in [1.165, 1.54) is 39.1 Å². The molecular weight excluding hydrogens is 250 g/mol. The molecule has 4 nitrogen and oxygen atoms in total. The average molecular weight is 283 g/mol. The van der Waals surface area contributed by atoms with E-state index < -0.39 is 0 Å². The lowest BCUT2D eigenvalue weighted by atomic mass is 10.1. The third-order valence-corrected chi connectivity index (χ3v) is 3.95. The van der Waals surface area contributed by atoms with Gasteiger partial charge in [0, 0.05) is 45.2 Å². The van der Waals surface area contributed by atoms with Crippen LogP contribution in [0.2, 0.25) is 0 Å². The molecule has 20 heavy (non-hydrogen) atoms. The Kier molecular flexibility index (Phi) is 8.15. The van der Waals surface area contributed by atoms with E-state index in [1.807, 2.05) is 0 Å². The molecule has 0 aromatic heterocycles. The van der Waals surface area contributed by atoms with E-state index in [0.29, 0.717) is 18.4 Å². The van der Waals surface area contributed by atoms with E-state index in [-0.39, 0.29) is 5.91 Å². The summed E-state index contributed by atoms with van der Waals surface area (Å²) in [4.78, 5) is 16.6. The topological polar surface area (TPSA) is 35.6 Å². The summed E-state index contributed by atoms with van der Waals surface area (Å²) in [6.07, 6.45) is 2.93. The van der Waals surface area contributed by atoms with Crippen LogP contribution in [0.25, 0.3) is 0 Å². The highest BCUT2D eigenvalue weighted by atomic mass is 16.1. The summed E-state index contributed by atoms with van der Waals surface area (Å²) in [5.74, 6) is 0.651. The van der Waals surface area contributed by atoms with E-state index in [2.05, 4.69) is 42.8 Å². The average Bonchev–Trinajstić information content (AvgIpc) is 2.38. The fourth-order valence-electron chi connectivity index (χ4n) is 2.63. The lowest BCUT2D eigenvalue weighted by molar-refractivity contribution is -0.121. The van der Waals surface area contributed by atoms with Crippen molar-refractivity contribution in [3.63, 3.8) is 0 Å². The van der Waals surface area contributed by atoms with Crippen LogP contribution in [-0.4, -0.2) is 61.0 Å². The summed E-state index contributed by atoms with van der Waals surface area (Å²) in [7, 11) is 0. The number of nitrogens with zero attached hydrogens (tertiary/aromatic N) is 2. The highest BCUT2D eigenvalue weighted by molar-refractivity contribution is 5.75. The van der Waals surface area contributed by atoms with E-state index in [4.69, 9.17) is 0 Å². The lowest BCUT2D eigenvalue weighted by Gasteiger charge is -2.36. The van der Waals surface area contributed by atoms with Gasteiger partial charge in [0.2, 0.25) is 5.91 Å². The van der Waals surface area contributed by atoms with E-state index in [0.717, 1.165) is 13.0 Å². The fourth-order valence-corrected chi connectivity index (χ4v) is 2.63. The highest BCUT2D eigenvalue weighted by Gasteiger charge is 2.17. The Balaban J connectivity index is 1.99. The maximum Gasteiger partial charge on any atom is 0.220 e. The number of hydrogen-bond donors (Lipinski definition) is 1. The molecule has 0 saturated carbocycles. The summed E-state index contributed by atoms with van der Waals surface area (Å²) in [6, 6.07) is 0.674. The third-order valence-electron chi connectivity index (χ3n) is 3.95. The number of piperazine rings is 1. The maximum atomic E-state index is 11.5. The van der Waals surface area contributed by atoms with Crippen molar-refractivity contribution in [1.29, 1.82) is 0 Å². The zero-order chi connectivity index (χ0) is 15.0. The molecule has 0 aliphatic carbocycles. The number of rotatable bonds is 8. The molecule has 118 valence electrons. The van der Waals surface area contributed by atoms with Crippen molar-refractivity contribution in [1.82, 2.24) is 15.1 Å². The minimum atomic E-state index is 0.200. The molecular formula is C16H33N3O. The fraction of sp³-hybridized carbons (Fsp3) is 0.938. The number of carbonyl (C=O) groups excluding carboxylic acids is 1. The van der Waals surface area contributed by atoms with Crippen molar-refractivity contribution < 1.29 is 4.79 Å². The Bertz CT molecular complexity index is 271. The first-order valence-electron chi connectivity index (χ1n) is 8.22. The van der Waals surface area contributed by atoms with Gasteiger partial charge in [-0.25, -0.2) is 0 Å². The molecule has 1 aliphatic heterocycles. The van der Waals surface area contributed by atoms with Gasteiger partial charge in [0.25, 0.3) is 0 Å². The van der Waals surface area contributed by atoms with Gasteiger partial charge >= 0.3 is 0 Å². The molecule has 1 aliphatic rings. The Morgan fingerprint density at radius 3 is 2.25 bits per heavy atom. The zero-order valence-corrected chi connectivity index (χ0v) is 13.8. The van der Waals surface area contributed by atoms with Crippen molar-refractivity contribution in [2.24, 2.45) is 5.92 Å². The van der Waals surface area contributed by atoms with Crippen molar-refractivity contribution in [2.75, 3.05) is 39.3 Å². The van der Waals surface area contributed by atoms with Gasteiger partial charge in [-0.05, 0) is 39.2 Å². The van der Waals surface area contributed by atoms with Crippen LogP contribution >= 0.6 is 0 Å². The van der Waals surface area contributed by atoms with Crippen LogP contribution in [-0.2, 0) is 4.79 Å². The van der Waals surface area contributed by atoms with Gasteiger partial charge < -0.3 is 10.2 Å². The first-order valence-corrected chi connectivity index (χ1v) is 8.22. The van der Waals surface area contributed by atoms with Crippen LogP contribution in [0, 0.1) is 5.92 Å². The maximum absolute atomic E-state index is 11.5. The molecule has 1 fully saturated rings. The Labute approximate surface area is 124 Å². The predicted octanol–water partition coefficient (Wildman–Crippen LogP) is 1.95. The van der Waals surface area contributed by atoms with Gasteiger partial charge in [0.1, 0.15) is 0 Å². The molecule has 0 aromatic carbocycles. The van der Waals surface area contributed by atoms with Crippen LogP contribution in [0.5, 0.6) is 0 Å². The van der Waals surface area contributed by atoms with Crippen LogP contribution in [0.15, 0.2) is 0 Å². The number of amides is 1. The van der Waals surface area contributed by atoms with E-state index in [9.17, 15) is 4.79 Å². The van der Waals surface area contributed by atoms with E-state index in [1.54, 1.807) is 0 Å². The molecule has 0 unspecified atom stereocenters. The van der Waals surface area contributed by atoms with Gasteiger partial charge in [0.05, 0.1) is 0 Å². The summed E-state index contributed by atoms with van der Waals surface area (Å²) in [6.45, 7) is 15.5. The van der Waals surface area contributed by atoms with Gasteiger partial charge in [0.15, 0.2) is 0 Å². The molecule has 0 bridgehead atoms. The van der Waals surface area contributed by atoms with Crippen LogP contribution in [0.4, 0.5) is 0 Å². The molecule has 0 spiro atoms. The molecule has 1 saturated heterocycles. The number of nitrogens with one attached hydrogen (secondary N) is 1. The monoisotopic (exact) mass is 283 g/mol. The molecule has 1 amide bonds. The van der Waals surface area contributed by atoms with Crippen molar-refractivity contribution in [3.05, 3.63) is 0 Å². The largest absolute Gasteiger partial charge is 0.356 e. The standard InChI is InChI=1S/C16H33N3O/c1-14(2)13-16(20)17-7-5-6-8-18-9-11-19(12-10-18)15(3)4/h14-15H,5-13H2,1-4H3,(H,17,20). The molecule has 4 heteroatoms. The first-order chi connectivity index (χ1) is 9.49. The Hall–Kier alpha value is -0.610. The minimum absolute atomic E-state index is 0.200. The minimum Gasteiger partial charge on any atom is -0.356 e. The van der Waals surface area contributed by atoms with Crippen LogP contribution in [0.3, 0.4) is 0 Å².